The standard InChI is InChI=1S/C14H32N2/c1-7-9-16(13(5)6)14(8-2)11-15-10-12(3)4/h12-15H,7-11H2,1-6H3. The fourth-order valence-corrected chi connectivity index (χ4v) is 2.16. The SMILES string of the molecule is CCCN(C(C)C)C(CC)CNCC(C)C. The third-order valence-electron chi connectivity index (χ3n) is 3.02. The summed E-state index contributed by atoms with van der Waals surface area (Å²) in [7, 11) is 0. The molecule has 0 aliphatic rings. The van der Waals surface area contributed by atoms with Crippen molar-refractivity contribution in [3.63, 3.8) is 0 Å². The van der Waals surface area contributed by atoms with E-state index in [0.29, 0.717) is 12.1 Å². The summed E-state index contributed by atoms with van der Waals surface area (Å²) in [5.74, 6) is 0.746. The van der Waals surface area contributed by atoms with Crippen molar-refractivity contribution < 1.29 is 0 Å². The summed E-state index contributed by atoms with van der Waals surface area (Å²) >= 11 is 0. The van der Waals surface area contributed by atoms with Crippen LogP contribution >= 0.6 is 0 Å². The average Bonchev–Trinajstić information content (AvgIpc) is 2.21. The molecule has 0 saturated heterocycles. The fourth-order valence-electron chi connectivity index (χ4n) is 2.16. The van der Waals surface area contributed by atoms with Crippen molar-refractivity contribution in [2.24, 2.45) is 5.92 Å². The Morgan fingerprint density at radius 3 is 2.00 bits per heavy atom. The van der Waals surface area contributed by atoms with Crippen molar-refractivity contribution in [2.45, 2.75) is 66.5 Å². The van der Waals surface area contributed by atoms with Crippen molar-refractivity contribution in [2.75, 3.05) is 19.6 Å². The van der Waals surface area contributed by atoms with Gasteiger partial charge >= 0.3 is 0 Å². The van der Waals surface area contributed by atoms with E-state index in [1.165, 1.54) is 19.4 Å². The van der Waals surface area contributed by atoms with Crippen molar-refractivity contribution in [3.8, 4) is 0 Å². The van der Waals surface area contributed by atoms with E-state index in [1.807, 2.05) is 0 Å². The summed E-state index contributed by atoms with van der Waals surface area (Å²) in [6.07, 6.45) is 2.49. The monoisotopic (exact) mass is 228 g/mol. The number of hydrogen-bond donors (Lipinski definition) is 1. The third-order valence-corrected chi connectivity index (χ3v) is 3.02. The Labute approximate surface area is 103 Å². The van der Waals surface area contributed by atoms with E-state index in [4.69, 9.17) is 0 Å². The van der Waals surface area contributed by atoms with Gasteiger partial charge in [-0.25, -0.2) is 0 Å². The highest BCUT2D eigenvalue weighted by Gasteiger charge is 2.18. The van der Waals surface area contributed by atoms with Gasteiger partial charge in [0, 0.05) is 18.6 Å². The predicted octanol–water partition coefficient (Wildman–Crippen LogP) is 3.13. The molecule has 0 rings (SSSR count). The van der Waals surface area contributed by atoms with Crippen LogP contribution in [0.1, 0.15) is 54.4 Å². The Hall–Kier alpha value is -0.0800. The van der Waals surface area contributed by atoms with E-state index in [2.05, 4.69) is 51.8 Å². The molecule has 0 amide bonds. The van der Waals surface area contributed by atoms with Gasteiger partial charge in [-0.1, -0.05) is 27.7 Å². The molecule has 98 valence electrons. The normalized spacial score (nSPS) is 14.1. The van der Waals surface area contributed by atoms with E-state index in [1.54, 1.807) is 0 Å². The van der Waals surface area contributed by atoms with Crippen LogP contribution < -0.4 is 5.32 Å². The molecular formula is C14H32N2. The summed E-state index contributed by atoms with van der Waals surface area (Å²) < 4.78 is 0. The molecule has 0 aromatic rings. The second-order valence-electron chi connectivity index (χ2n) is 5.45. The van der Waals surface area contributed by atoms with E-state index >= 15 is 0 Å². The molecule has 0 saturated carbocycles. The molecule has 1 N–H and O–H groups in total. The van der Waals surface area contributed by atoms with Crippen molar-refractivity contribution in [1.29, 1.82) is 0 Å². The van der Waals surface area contributed by atoms with E-state index in [-0.39, 0.29) is 0 Å². The van der Waals surface area contributed by atoms with Gasteiger partial charge in [0.25, 0.3) is 0 Å². The largest absolute Gasteiger partial charge is 0.315 e. The van der Waals surface area contributed by atoms with Crippen LogP contribution in [0.3, 0.4) is 0 Å². The molecule has 0 fully saturated rings. The maximum atomic E-state index is 3.59. The summed E-state index contributed by atoms with van der Waals surface area (Å²) in [4.78, 5) is 2.63. The lowest BCUT2D eigenvalue weighted by atomic mass is 10.1. The highest BCUT2D eigenvalue weighted by molar-refractivity contribution is 4.75. The van der Waals surface area contributed by atoms with Crippen molar-refractivity contribution in [3.05, 3.63) is 0 Å². The Kier molecular flexibility index (Phi) is 8.96. The fraction of sp³-hybridized carbons (Fsp3) is 1.00. The van der Waals surface area contributed by atoms with Crippen LogP contribution in [-0.2, 0) is 0 Å². The second-order valence-corrected chi connectivity index (χ2v) is 5.45. The van der Waals surface area contributed by atoms with Crippen LogP contribution in [-0.4, -0.2) is 36.6 Å². The van der Waals surface area contributed by atoms with Crippen LogP contribution in [0.25, 0.3) is 0 Å². The highest BCUT2D eigenvalue weighted by atomic mass is 15.2. The molecule has 0 bridgehead atoms. The topological polar surface area (TPSA) is 15.3 Å². The molecule has 16 heavy (non-hydrogen) atoms. The van der Waals surface area contributed by atoms with Gasteiger partial charge in [-0.15, -0.1) is 0 Å². The van der Waals surface area contributed by atoms with Crippen LogP contribution in [0.5, 0.6) is 0 Å². The first-order valence-electron chi connectivity index (χ1n) is 6.99. The zero-order valence-electron chi connectivity index (χ0n) is 12.2. The van der Waals surface area contributed by atoms with Gasteiger partial charge in [0.15, 0.2) is 0 Å². The van der Waals surface area contributed by atoms with Gasteiger partial charge in [-0.2, -0.15) is 0 Å². The van der Waals surface area contributed by atoms with E-state index < -0.39 is 0 Å². The molecule has 0 heterocycles. The summed E-state index contributed by atoms with van der Waals surface area (Å²) in [6, 6.07) is 1.35. The average molecular weight is 228 g/mol. The maximum absolute atomic E-state index is 3.59. The minimum Gasteiger partial charge on any atom is -0.315 e. The smallest absolute Gasteiger partial charge is 0.0220 e. The zero-order chi connectivity index (χ0) is 12.6. The molecule has 0 aromatic carbocycles. The van der Waals surface area contributed by atoms with Crippen molar-refractivity contribution >= 4 is 0 Å². The molecule has 1 atom stereocenters. The maximum Gasteiger partial charge on any atom is 0.0220 e. The molecule has 0 aliphatic carbocycles. The predicted molar refractivity (Wildman–Crippen MR) is 73.9 cm³/mol. The van der Waals surface area contributed by atoms with Gasteiger partial charge in [0.2, 0.25) is 0 Å². The summed E-state index contributed by atoms with van der Waals surface area (Å²) in [6.45, 7) is 17.2. The van der Waals surface area contributed by atoms with Gasteiger partial charge in [-0.05, 0) is 45.7 Å². The molecule has 0 aliphatic heterocycles. The first-order chi connectivity index (χ1) is 7.52. The molecule has 0 aromatic heterocycles. The minimum atomic E-state index is 0.658. The van der Waals surface area contributed by atoms with Gasteiger partial charge in [0.05, 0.1) is 0 Å². The van der Waals surface area contributed by atoms with Crippen LogP contribution in [0.15, 0.2) is 0 Å². The minimum absolute atomic E-state index is 0.658. The number of nitrogens with zero attached hydrogens (tertiary/aromatic N) is 1. The Bertz CT molecular complexity index is 155. The molecular weight excluding hydrogens is 196 g/mol. The molecule has 0 radical (unpaired) electrons. The third kappa shape index (κ3) is 6.49. The summed E-state index contributed by atoms with van der Waals surface area (Å²) in [5, 5.41) is 3.59. The van der Waals surface area contributed by atoms with Crippen LogP contribution in [0.4, 0.5) is 0 Å². The second kappa shape index (κ2) is 9.00. The number of hydrogen-bond acceptors (Lipinski definition) is 2. The van der Waals surface area contributed by atoms with Gasteiger partial charge in [-0.3, -0.25) is 4.90 Å². The molecule has 0 spiro atoms. The first kappa shape index (κ1) is 15.9. The lowest BCUT2D eigenvalue weighted by molar-refractivity contribution is 0.145. The Balaban J connectivity index is 4.09. The van der Waals surface area contributed by atoms with Crippen LogP contribution in [0, 0.1) is 5.92 Å². The Morgan fingerprint density at radius 2 is 1.62 bits per heavy atom. The number of nitrogens with one attached hydrogen (secondary N) is 1. The van der Waals surface area contributed by atoms with E-state index in [0.717, 1.165) is 19.0 Å². The molecule has 2 heteroatoms. The highest BCUT2D eigenvalue weighted by Crippen LogP contribution is 2.09. The van der Waals surface area contributed by atoms with Gasteiger partial charge in [0.1, 0.15) is 0 Å². The zero-order valence-corrected chi connectivity index (χ0v) is 12.2. The van der Waals surface area contributed by atoms with E-state index in [9.17, 15) is 0 Å². The lowest BCUT2D eigenvalue weighted by Gasteiger charge is -2.34. The molecule has 1 unspecified atom stereocenters. The quantitative estimate of drug-likeness (QED) is 0.652. The Morgan fingerprint density at radius 1 is 1.00 bits per heavy atom. The van der Waals surface area contributed by atoms with Gasteiger partial charge < -0.3 is 5.32 Å². The first-order valence-corrected chi connectivity index (χ1v) is 6.99. The van der Waals surface area contributed by atoms with Crippen molar-refractivity contribution in [1.82, 2.24) is 10.2 Å². The number of rotatable bonds is 9. The van der Waals surface area contributed by atoms with Crippen LogP contribution in [0.2, 0.25) is 0 Å². The summed E-state index contributed by atoms with van der Waals surface area (Å²) in [5.41, 5.74) is 0. The molecule has 2 nitrogen and oxygen atoms in total. The lowest BCUT2D eigenvalue weighted by Crippen LogP contribution is -2.46.